The lowest BCUT2D eigenvalue weighted by Crippen LogP contribution is -2.43. The lowest BCUT2D eigenvalue weighted by atomic mass is 9.91. The molecule has 5 rings (SSSR count). The third-order valence-corrected chi connectivity index (χ3v) is 8.48. The Balaban J connectivity index is 1.53. The van der Waals surface area contributed by atoms with Gasteiger partial charge in [0.2, 0.25) is 0 Å². The van der Waals surface area contributed by atoms with E-state index in [9.17, 15) is 19.1 Å². The molecule has 1 aliphatic heterocycles. The van der Waals surface area contributed by atoms with E-state index in [0.717, 1.165) is 58.4 Å². The number of amides is 1. The summed E-state index contributed by atoms with van der Waals surface area (Å²) in [7, 11) is 3.31. The van der Waals surface area contributed by atoms with Crippen LogP contribution in [-0.2, 0) is 24.2 Å². The normalized spacial score (nSPS) is 14.3. The molecule has 7 nitrogen and oxygen atoms in total. The smallest absolute Gasteiger partial charge is 0.326 e. The number of nitrogens with zero attached hydrogens (tertiary/aromatic N) is 1. The molecule has 0 saturated carbocycles. The number of halogens is 1. The maximum absolute atomic E-state index is 14.6. The zero-order chi connectivity index (χ0) is 31.2. The molecular weight excluding hydrogens is 559 g/mol. The highest BCUT2D eigenvalue weighted by atomic mass is 19.1. The summed E-state index contributed by atoms with van der Waals surface area (Å²) in [5.41, 5.74) is 3.95. The van der Waals surface area contributed by atoms with Crippen LogP contribution in [0.2, 0.25) is 0 Å². The molecule has 2 N–H and O–H groups in total. The van der Waals surface area contributed by atoms with Crippen molar-refractivity contribution in [3.63, 3.8) is 0 Å². The van der Waals surface area contributed by atoms with Crippen LogP contribution in [0.1, 0.15) is 53.2 Å². The Morgan fingerprint density at radius 1 is 0.886 bits per heavy atom. The molecule has 1 atom stereocenters. The SMILES string of the molecule is CCc1cccc(F)c1C(=O)N[C@@H](Cc1cccc2c(-c3c(OC)ccc(CN4CCCCC4)c3OC)cccc12)C(=O)O. The van der Waals surface area contributed by atoms with Crippen LogP contribution >= 0.6 is 0 Å². The van der Waals surface area contributed by atoms with Gasteiger partial charge in [-0.1, -0.05) is 67.9 Å². The molecule has 0 bridgehead atoms. The third kappa shape index (κ3) is 6.40. The van der Waals surface area contributed by atoms with Crippen LogP contribution in [0.3, 0.4) is 0 Å². The number of hydrogen-bond donors (Lipinski definition) is 2. The Morgan fingerprint density at radius 3 is 2.30 bits per heavy atom. The predicted octanol–water partition coefficient (Wildman–Crippen LogP) is 6.64. The van der Waals surface area contributed by atoms with Gasteiger partial charge in [0.05, 0.1) is 25.3 Å². The zero-order valence-corrected chi connectivity index (χ0v) is 25.5. The van der Waals surface area contributed by atoms with E-state index in [4.69, 9.17) is 9.47 Å². The van der Waals surface area contributed by atoms with E-state index in [2.05, 4.69) is 16.3 Å². The Morgan fingerprint density at radius 2 is 1.59 bits per heavy atom. The highest BCUT2D eigenvalue weighted by molar-refractivity contribution is 6.02. The van der Waals surface area contributed by atoms with Crippen LogP contribution in [0.5, 0.6) is 11.5 Å². The summed E-state index contributed by atoms with van der Waals surface area (Å²) in [6.07, 6.45) is 4.09. The van der Waals surface area contributed by atoms with Gasteiger partial charge in [0.15, 0.2) is 0 Å². The highest BCUT2D eigenvalue weighted by Crippen LogP contribution is 2.44. The third-order valence-electron chi connectivity index (χ3n) is 8.48. The first-order valence-electron chi connectivity index (χ1n) is 15.1. The summed E-state index contributed by atoms with van der Waals surface area (Å²) in [6, 6.07) is 18.8. The van der Waals surface area contributed by atoms with E-state index in [1.54, 1.807) is 26.4 Å². The molecular formula is C36H39FN2O5. The first kappa shape index (κ1) is 31.0. The van der Waals surface area contributed by atoms with Crippen molar-refractivity contribution in [3.05, 3.63) is 94.8 Å². The number of carboxylic acid groups (broad SMARTS) is 1. The molecule has 1 heterocycles. The van der Waals surface area contributed by atoms with Gasteiger partial charge in [-0.25, -0.2) is 9.18 Å². The van der Waals surface area contributed by atoms with Crippen LogP contribution < -0.4 is 14.8 Å². The van der Waals surface area contributed by atoms with E-state index in [0.29, 0.717) is 17.7 Å². The molecule has 1 fully saturated rings. The number of likely N-dealkylation sites (tertiary alicyclic amines) is 1. The number of methoxy groups -OCH3 is 2. The minimum atomic E-state index is -1.27. The first-order chi connectivity index (χ1) is 21.4. The lowest BCUT2D eigenvalue weighted by molar-refractivity contribution is -0.139. The number of piperidine rings is 1. The topological polar surface area (TPSA) is 88.1 Å². The van der Waals surface area contributed by atoms with Gasteiger partial charge in [-0.2, -0.15) is 0 Å². The van der Waals surface area contributed by atoms with Crippen molar-refractivity contribution in [1.29, 1.82) is 0 Å². The second kappa shape index (κ2) is 13.9. The summed E-state index contributed by atoms with van der Waals surface area (Å²) in [5, 5.41) is 14.4. The molecule has 230 valence electrons. The number of carbonyl (C=O) groups excluding carboxylic acids is 1. The maximum Gasteiger partial charge on any atom is 0.326 e. The number of hydrogen-bond acceptors (Lipinski definition) is 5. The second-order valence-electron chi connectivity index (χ2n) is 11.2. The molecule has 0 radical (unpaired) electrons. The number of fused-ring (bicyclic) bond motifs is 1. The van der Waals surface area contributed by atoms with Crippen molar-refractivity contribution in [2.75, 3.05) is 27.3 Å². The molecule has 0 aromatic heterocycles. The van der Waals surface area contributed by atoms with Gasteiger partial charge in [0.25, 0.3) is 5.91 Å². The van der Waals surface area contributed by atoms with E-state index < -0.39 is 23.7 Å². The summed E-state index contributed by atoms with van der Waals surface area (Å²) in [6.45, 7) is 4.71. The predicted molar refractivity (Wildman–Crippen MR) is 170 cm³/mol. The number of aliphatic carboxylic acids is 1. The molecule has 8 heteroatoms. The van der Waals surface area contributed by atoms with Gasteiger partial charge in [0, 0.05) is 18.5 Å². The van der Waals surface area contributed by atoms with E-state index >= 15 is 0 Å². The summed E-state index contributed by atoms with van der Waals surface area (Å²) >= 11 is 0. The van der Waals surface area contributed by atoms with Crippen LogP contribution in [0.25, 0.3) is 21.9 Å². The Kier molecular flexibility index (Phi) is 9.80. The van der Waals surface area contributed by atoms with Crippen molar-refractivity contribution in [3.8, 4) is 22.6 Å². The van der Waals surface area contributed by atoms with Crippen molar-refractivity contribution in [2.24, 2.45) is 0 Å². The minimum absolute atomic E-state index is 0.0149. The van der Waals surface area contributed by atoms with Crippen molar-refractivity contribution in [2.45, 2.75) is 51.6 Å². The largest absolute Gasteiger partial charge is 0.496 e. The Hall–Kier alpha value is -4.43. The molecule has 1 amide bonds. The Labute approximate surface area is 257 Å². The fourth-order valence-electron chi connectivity index (χ4n) is 6.29. The van der Waals surface area contributed by atoms with E-state index in [1.165, 1.54) is 25.3 Å². The molecule has 0 unspecified atom stereocenters. The standard InChI is InChI=1S/C36H39FN2O5/c1-4-23-11-9-16-29(37)32(23)35(40)38-30(36(41)42)21-24-12-8-14-27-26(24)13-10-15-28(27)33-31(43-2)18-17-25(34(33)44-3)22-39-19-6-5-7-20-39/h8-18,30H,4-7,19-22H2,1-3H3,(H,38,40)(H,41,42)/t30-/m0/s1. The summed E-state index contributed by atoms with van der Waals surface area (Å²) in [5.74, 6) is -1.19. The lowest BCUT2D eigenvalue weighted by Gasteiger charge is -2.28. The van der Waals surface area contributed by atoms with Crippen LogP contribution in [0.15, 0.2) is 66.7 Å². The number of carbonyl (C=O) groups is 2. The average Bonchev–Trinajstić information content (AvgIpc) is 3.04. The fourth-order valence-corrected chi connectivity index (χ4v) is 6.29. The van der Waals surface area contributed by atoms with Gasteiger partial charge in [-0.15, -0.1) is 0 Å². The fraction of sp³-hybridized carbons (Fsp3) is 0.333. The first-order valence-corrected chi connectivity index (χ1v) is 15.1. The van der Waals surface area contributed by atoms with Gasteiger partial charge in [0.1, 0.15) is 23.4 Å². The average molecular weight is 599 g/mol. The minimum Gasteiger partial charge on any atom is -0.496 e. The van der Waals surface area contributed by atoms with Crippen molar-refractivity contribution in [1.82, 2.24) is 10.2 Å². The van der Waals surface area contributed by atoms with Crippen molar-refractivity contribution < 1.29 is 28.6 Å². The molecule has 0 aliphatic carbocycles. The van der Waals surface area contributed by atoms with Crippen LogP contribution in [-0.4, -0.2) is 55.2 Å². The number of rotatable bonds is 11. The molecule has 4 aromatic carbocycles. The van der Waals surface area contributed by atoms with Gasteiger partial charge in [-0.05, 0) is 71.9 Å². The second-order valence-corrected chi connectivity index (χ2v) is 11.2. The highest BCUT2D eigenvalue weighted by Gasteiger charge is 2.26. The van der Waals surface area contributed by atoms with Gasteiger partial charge < -0.3 is 19.9 Å². The number of aryl methyl sites for hydroxylation is 1. The van der Waals surface area contributed by atoms with Gasteiger partial charge in [-0.3, -0.25) is 9.69 Å². The number of carboxylic acids is 1. The molecule has 44 heavy (non-hydrogen) atoms. The maximum atomic E-state index is 14.6. The molecule has 1 aliphatic rings. The zero-order valence-electron chi connectivity index (χ0n) is 25.5. The quantitative estimate of drug-likeness (QED) is 0.201. The number of benzene rings is 4. The van der Waals surface area contributed by atoms with Gasteiger partial charge >= 0.3 is 5.97 Å². The van der Waals surface area contributed by atoms with Crippen LogP contribution in [0.4, 0.5) is 4.39 Å². The molecule has 4 aromatic rings. The summed E-state index contributed by atoms with van der Waals surface area (Å²) in [4.78, 5) is 27.9. The van der Waals surface area contributed by atoms with E-state index in [1.807, 2.05) is 49.4 Å². The Bertz CT molecular complexity index is 1660. The van der Waals surface area contributed by atoms with E-state index in [-0.39, 0.29) is 12.0 Å². The molecule has 1 saturated heterocycles. The summed E-state index contributed by atoms with van der Waals surface area (Å²) < 4.78 is 26.5. The number of ether oxygens (including phenoxy) is 2. The molecule has 0 spiro atoms. The van der Waals surface area contributed by atoms with Crippen molar-refractivity contribution >= 4 is 22.6 Å². The monoisotopic (exact) mass is 598 g/mol. The van der Waals surface area contributed by atoms with Crippen LogP contribution in [0, 0.1) is 5.82 Å². The number of nitrogens with one attached hydrogen (secondary N) is 1.